The molecule has 2 unspecified atom stereocenters. The van der Waals surface area contributed by atoms with Crippen molar-refractivity contribution in [1.82, 2.24) is 10.6 Å². The molecule has 2 N–H and O–H groups in total. The number of para-hydroxylation sites is 1. The highest BCUT2D eigenvalue weighted by Crippen LogP contribution is 2.28. The summed E-state index contributed by atoms with van der Waals surface area (Å²) in [5.74, 6) is 1.81. The Balaban J connectivity index is 0.00000264. The van der Waals surface area contributed by atoms with Crippen LogP contribution < -0.4 is 15.4 Å². The van der Waals surface area contributed by atoms with E-state index in [2.05, 4.69) is 27.9 Å². The van der Waals surface area contributed by atoms with Crippen molar-refractivity contribution in [2.45, 2.75) is 44.0 Å². The molecule has 0 amide bonds. The van der Waals surface area contributed by atoms with E-state index in [4.69, 9.17) is 4.74 Å². The molecular formula is C17H28IN3OS. The Hall–Kier alpha value is -0.630. The Morgan fingerprint density at radius 2 is 2.13 bits per heavy atom. The zero-order chi connectivity index (χ0) is 15.8. The van der Waals surface area contributed by atoms with Crippen molar-refractivity contribution in [3.05, 3.63) is 29.8 Å². The number of guanidine groups is 1. The highest BCUT2D eigenvalue weighted by molar-refractivity contribution is 14.0. The molecule has 1 aromatic rings. The van der Waals surface area contributed by atoms with E-state index in [9.17, 15) is 0 Å². The average Bonchev–Trinajstić information content (AvgIpc) is 3.00. The molecule has 0 spiro atoms. The third-order valence-electron chi connectivity index (χ3n) is 4.00. The molecule has 1 aromatic carbocycles. The Bertz CT molecular complexity index is 498. The summed E-state index contributed by atoms with van der Waals surface area (Å²) < 4.78 is 5.66. The van der Waals surface area contributed by atoms with Gasteiger partial charge in [0.2, 0.25) is 0 Å². The lowest BCUT2D eigenvalue weighted by atomic mass is 10.2. The second-order valence-electron chi connectivity index (χ2n) is 5.48. The van der Waals surface area contributed by atoms with E-state index in [1.54, 1.807) is 0 Å². The van der Waals surface area contributed by atoms with Gasteiger partial charge in [-0.1, -0.05) is 18.2 Å². The summed E-state index contributed by atoms with van der Waals surface area (Å²) in [7, 11) is 1.82. The van der Waals surface area contributed by atoms with Gasteiger partial charge in [-0.3, -0.25) is 4.99 Å². The molecule has 0 saturated heterocycles. The van der Waals surface area contributed by atoms with Crippen molar-refractivity contribution in [3.63, 3.8) is 0 Å². The molecule has 0 aliphatic heterocycles. The van der Waals surface area contributed by atoms with Gasteiger partial charge in [-0.05, 0) is 38.5 Å². The Morgan fingerprint density at radius 3 is 2.78 bits per heavy atom. The molecule has 0 heterocycles. The van der Waals surface area contributed by atoms with E-state index < -0.39 is 0 Å². The summed E-state index contributed by atoms with van der Waals surface area (Å²) in [6.45, 7) is 3.41. The second kappa shape index (κ2) is 11.0. The van der Waals surface area contributed by atoms with Crippen LogP contribution in [0, 0.1) is 0 Å². The van der Waals surface area contributed by atoms with E-state index in [0.717, 1.165) is 22.5 Å². The van der Waals surface area contributed by atoms with E-state index in [1.165, 1.54) is 19.3 Å². The van der Waals surface area contributed by atoms with E-state index in [1.807, 2.05) is 43.9 Å². The molecule has 1 aliphatic carbocycles. The summed E-state index contributed by atoms with van der Waals surface area (Å²) in [5, 5.41) is 7.72. The average molecular weight is 449 g/mol. The summed E-state index contributed by atoms with van der Waals surface area (Å²) in [6, 6.07) is 8.67. The van der Waals surface area contributed by atoms with Crippen LogP contribution >= 0.6 is 35.7 Å². The van der Waals surface area contributed by atoms with E-state index >= 15 is 0 Å². The van der Waals surface area contributed by atoms with Crippen molar-refractivity contribution in [2.75, 3.05) is 19.9 Å². The number of nitrogens with zero attached hydrogens (tertiary/aromatic N) is 1. The molecule has 0 aromatic heterocycles. The molecule has 6 heteroatoms. The van der Waals surface area contributed by atoms with Crippen LogP contribution in [0.1, 0.15) is 31.7 Å². The van der Waals surface area contributed by atoms with Crippen LogP contribution in [0.4, 0.5) is 0 Å². The molecule has 4 nitrogen and oxygen atoms in total. The SMILES string of the molecule is CCOc1ccccc1CNC(=NC)NC1CCC(SC)C1.I. The number of hydrogen-bond acceptors (Lipinski definition) is 3. The molecule has 130 valence electrons. The van der Waals surface area contributed by atoms with Crippen LogP contribution in [0.15, 0.2) is 29.3 Å². The van der Waals surface area contributed by atoms with Gasteiger partial charge >= 0.3 is 0 Å². The number of benzene rings is 1. The van der Waals surface area contributed by atoms with Crippen molar-refractivity contribution in [1.29, 1.82) is 0 Å². The maximum atomic E-state index is 5.66. The van der Waals surface area contributed by atoms with Crippen molar-refractivity contribution in [2.24, 2.45) is 4.99 Å². The standard InChI is InChI=1S/C17H27N3OS.HI/c1-4-21-16-8-6-5-7-13(16)12-19-17(18-2)20-14-9-10-15(11-14)22-3;/h5-8,14-15H,4,9-12H2,1-3H3,(H2,18,19,20);1H. The minimum Gasteiger partial charge on any atom is -0.494 e. The van der Waals surface area contributed by atoms with Gasteiger partial charge in [-0.2, -0.15) is 11.8 Å². The predicted octanol–water partition coefficient (Wildman–Crippen LogP) is 3.65. The van der Waals surface area contributed by atoms with E-state index in [-0.39, 0.29) is 24.0 Å². The first-order valence-electron chi connectivity index (χ1n) is 7.97. The third-order valence-corrected chi connectivity index (χ3v) is 5.10. The van der Waals surface area contributed by atoms with E-state index in [0.29, 0.717) is 19.2 Å². The van der Waals surface area contributed by atoms with Crippen LogP contribution in [0.25, 0.3) is 0 Å². The van der Waals surface area contributed by atoms with Gasteiger partial charge in [-0.25, -0.2) is 0 Å². The Kier molecular flexibility index (Phi) is 9.78. The summed E-state index contributed by atoms with van der Waals surface area (Å²) >= 11 is 1.97. The van der Waals surface area contributed by atoms with Crippen LogP contribution in [0.5, 0.6) is 5.75 Å². The highest BCUT2D eigenvalue weighted by Gasteiger charge is 2.24. The zero-order valence-electron chi connectivity index (χ0n) is 14.2. The van der Waals surface area contributed by atoms with Crippen molar-refractivity contribution in [3.8, 4) is 5.75 Å². The number of aliphatic imine (C=N–C) groups is 1. The van der Waals surface area contributed by atoms with Gasteiger partial charge in [0, 0.05) is 30.4 Å². The van der Waals surface area contributed by atoms with Gasteiger partial charge in [0.05, 0.1) is 6.61 Å². The number of rotatable bonds is 6. The largest absolute Gasteiger partial charge is 0.494 e. The molecule has 23 heavy (non-hydrogen) atoms. The van der Waals surface area contributed by atoms with Crippen molar-refractivity contribution < 1.29 is 4.74 Å². The number of hydrogen-bond donors (Lipinski definition) is 2. The maximum absolute atomic E-state index is 5.66. The van der Waals surface area contributed by atoms with Crippen molar-refractivity contribution >= 4 is 41.7 Å². The topological polar surface area (TPSA) is 45.6 Å². The molecule has 2 atom stereocenters. The third kappa shape index (κ3) is 6.41. The van der Waals surface area contributed by atoms with Gasteiger partial charge < -0.3 is 15.4 Å². The minimum absolute atomic E-state index is 0. The smallest absolute Gasteiger partial charge is 0.191 e. The van der Waals surface area contributed by atoms with Gasteiger partial charge in [0.25, 0.3) is 0 Å². The minimum atomic E-state index is 0. The molecular weight excluding hydrogens is 421 g/mol. The van der Waals surface area contributed by atoms with Crippen LogP contribution in [0.2, 0.25) is 0 Å². The normalized spacial score (nSPS) is 20.7. The molecule has 2 rings (SSSR count). The van der Waals surface area contributed by atoms with Gasteiger partial charge in [0.1, 0.15) is 5.75 Å². The monoisotopic (exact) mass is 449 g/mol. The lowest BCUT2D eigenvalue weighted by Gasteiger charge is -2.18. The highest BCUT2D eigenvalue weighted by atomic mass is 127. The maximum Gasteiger partial charge on any atom is 0.191 e. The Morgan fingerprint density at radius 1 is 1.35 bits per heavy atom. The predicted molar refractivity (Wildman–Crippen MR) is 111 cm³/mol. The second-order valence-corrected chi connectivity index (χ2v) is 6.62. The first kappa shape index (κ1) is 20.4. The van der Waals surface area contributed by atoms with Crippen LogP contribution in [0.3, 0.4) is 0 Å². The fraction of sp³-hybridized carbons (Fsp3) is 0.588. The van der Waals surface area contributed by atoms with Crippen LogP contribution in [-0.4, -0.2) is 37.2 Å². The molecule has 1 fully saturated rings. The summed E-state index contributed by atoms with van der Waals surface area (Å²) in [6.07, 6.45) is 5.94. The first-order chi connectivity index (χ1) is 10.8. The fourth-order valence-corrected chi connectivity index (χ4v) is 3.59. The number of nitrogens with one attached hydrogen (secondary N) is 2. The van der Waals surface area contributed by atoms with Crippen LogP contribution in [-0.2, 0) is 6.54 Å². The lowest BCUT2D eigenvalue weighted by Crippen LogP contribution is -2.42. The number of ether oxygens (including phenoxy) is 1. The molecule has 1 saturated carbocycles. The summed E-state index contributed by atoms with van der Waals surface area (Å²) in [4.78, 5) is 4.34. The first-order valence-corrected chi connectivity index (χ1v) is 9.26. The number of thioether (sulfide) groups is 1. The number of halogens is 1. The molecule has 0 radical (unpaired) electrons. The van der Waals surface area contributed by atoms with Gasteiger partial charge in [0.15, 0.2) is 5.96 Å². The lowest BCUT2D eigenvalue weighted by molar-refractivity contribution is 0.336. The molecule has 1 aliphatic rings. The fourth-order valence-electron chi connectivity index (χ4n) is 2.80. The zero-order valence-corrected chi connectivity index (χ0v) is 17.3. The quantitative estimate of drug-likeness (QED) is 0.396. The summed E-state index contributed by atoms with van der Waals surface area (Å²) in [5.41, 5.74) is 1.15. The molecule has 0 bridgehead atoms. The van der Waals surface area contributed by atoms with Gasteiger partial charge in [-0.15, -0.1) is 24.0 Å². The Labute approximate surface area is 161 Å².